The quantitative estimate of drug-likeness (QED) is 0.612. The first-order valence-corrected chi connectivity index (χ1v) is 10.7. The lowest BCUT2D eigenvalue weighted by Crippen LogP contribution is -2.39. The Bertz CT molecular complexity index is 970. The number of aromatic nitrogens is 3. The zero-order valence-electron chi connectivity index (χ0n) is 16.6. The van der Waals surface area contributed by atoms with Gasteiger partial charge in [-0.1, -0.05) is 6.07 Å². The van der Waals surface area contributed by atoms with Crippen LogP contribution in [0.1, 0.15) is 42.5 Å². The van der Waals surface area contributed by atoms with E-state index in [2.05, 4.69) is 21.6 Å². The molecule has 1 aliphatic heterocycles. The van der Waals surface area contributed by atoms with E-state index in [9.17, 15) is 4.79 Å². The van der Waals surface area contributed by atoms with Gasteiger partial charge >= 0.3 is 0 Å². The lowest BCUT2D eigenvalue weighted by molar-refractivity contribution is -0.132. The topological polar surface area (TPSA) is 81.4 Å². The fourth-order valence-corrected chi connectivity index (χ4v) is 4.32. The van der Waals surface area contributed by atoms with Crippen molar-refractivity contribution in [2.75, 3.05) is 20.2 Å². The van der Waals surface area contributed by atoms with Crippen LogP contribution < -0.4 is 4.74 Å². The molecule has 3 aromatic heterocycles. The second-order valence-corrected chi connectivity index (χ2v) is 8.19. The molecular formula is C21H24N4O3S. The Morgan fingerprint density at radius 3 is 3.03 bits per heavy atom. The van der Waals surface area contributed by atoms with Gasteiger partial charge in [-0.05, 0) is 42.4 Å². The Morgan fingerprint density at radius 1 is 1.38 bits per heavy atom. The summed E-state index contributed by atoms with van der Waals surface area (Å²) in [6, 6.07) is 7.85. The number of nitrogens with zero attached hydrogens (tertiary/aromatic N) is 4. The molecule has 152 valence electrons. The van der Waals surface area contributed by atoms with Crippen LogP contribution in [0.25, 0.3) is 10.6 Å². The van der Waals surface area contributed by atoms with Crippen LogP contribution in [-0.2, 0) is 11.2 Å². The van der Waals surface area contributed by atoms with Crippen LogP contribution in [-0.4, -0.2) is 46.1 Å². The molecule has 1 atom stereocenters. The van der Waals surface area contributed by atoms with Gasteiger partial charge in [0.25, 0.3) is 5.88 Å². The van der Waals surface area contributed by atoms with Crippen molar-refractivity contribution in [3.63, 3.8) is 0 Å². The Labute approximate surface area is 173 Å². The van der Waals surface area contributed by atoms with E-state index in [-0.39, 0.29) is 11.8 Å². The van der Waals surface area contributed by atoms with Crippen LogP contribution >= 0.6 is 11.3 Å². The van der Waals surface area contributed by atoms with Crippen LogP contribution in [0, 0.1) is 6.92 Å². The molecule has 4 rings (SSSR count). The fourth-order valence-electron chi connectivity index (χ4n) is 3.64. The van der Waals surface area contributed by atoms with Gasteiger partial charge in [0.15, 0.2) is 0 Å². The van der Waals surface area contributed by atoms with Gasteiger partial charge in [-0.25, -0.2) is 9.97 Å². The summed E-state index contributed by atoms with van der Waals surface area (Å²) in [5.74, 6) is 2.22. The molecule has 3 aromatic rings. The number of ether oxygens (including phenoxy) is 1. The van der Waals surface area contributed by atoms with Crippen LogP contribution in [0.5, 0.6) is 5.88 Å². The molecule has 1 saturated heterocycles. The fraction of sp³-hybridized carbons (Fsp3) is 0.429. The highest BCUT2D eigenvalue weighted by Crippen LogP contribution is 2.29. The first kappa shape index (κ1) is 19.6. The predicted molar refractivity (Wildman–Crippen MR) is 110 cm³/mol. The lowest BCUT2D eigenvalue weighted by atomic mass is 9.96. The zero-order valence-corrected chi connectivity index (χ0v) is 17.4. The van der Waals surface area contributed by atoms with Crippen molar-refractivity contribution in [2.24, 2.45) is 0 Å². The third-order valence-electron chi connectivity index (χ3n) is 5.12. The molecule has 0 bridgehead atoms. The van der Waals surface area contributed by atoms with Crippen molar-refractivity contribution in [1.29, 1.82) is 0 Å². The molecule has 1 amide bonds. The maximum Gasteiger partial charge on any atom is 0.254 e. The highest BCUT2D eigenvalue weighted by molar-refractivity contribution is 7.13. The Morgan fingerprint density at radius 2 is 2.28 bits per heavy atom. The summed E-state index contributed by atoms with van der Waals surface area (Å²) in [4.78, 5) is 25.3. The van der Waals surface area contributed by atoms with Gasteiger partial charge in [-0.2, -0.15) is 0 Å². The molecule has 1 unspecified atom stereocenters. The minimum Gasteiger partial charge on any atom is -0.479 e. The number of hydrogen-bond donors (Lipinski definition) is 0. The first-order chi connectivity index (χ1) is 14.1. The van der Waals surface area contributed by atoms with E-state index in [1.807, 2.05) is 24.0 Å². The normalized spacial score (nSPS) is 16.8. The Hall–Kier alpha value is -2.74. The predicted octanol–water partition coefficient (Wildman–Crippen LogP) is 3.85. The van der Waals surface area contributed by atoms with Crippen molar-refractivity contribution in [3.05, 3.63) is 46.9 Å². The molecule has 7 nitrogen and oxygen atoms in total. The number of carbonyl (C=O) groups excluding carboxylic acids is 1. The van der Waals surface area contributed by atoms with Gasteiger partial charge in [0, 0.05) is 43.6 Å². The Balaban J connectivity index is 1.42. The highest BCUT2D eigenvalue weighted by Gasteiger charge is 2.27. The van der Waals surface area contributed by atoms with Gasteiger partial charge in [0.1, 0.15) is 11.6 Å². The maximum atomic E-state index is 12.7. The van der Waals surface area contributed by atoms with Crippen LogP contribution in [0.15, 0.2) is 34.2 Å². The van der Waals surface area contributed by atoms with Gasteiger partial charge in [-0.15, -0.1) is 11.3 Å². The van der Waals surface area contributed by atoms with Crippen molar-refractivity contribution in [2.45, 2.75) is 38.5 Å². The number of rotatable bonds is 6. The first-order valence-electron chi connectivity index (χ1n) is 9.79. The number of piperidine rings is 1. The molecule has 1 aliphatic rings. The number of hydrogen-bond acceptors (Lipinski definition) is 7. The third kappa shape index (κ3) is 4.64. The molecule has 4 heterocycles. The molecule has 29 heavy (non-hydrogen) atoms. The van der Waals surface area contributed by atoms with Crippen molar-refractivity contribution in [3.8, 4) is 16.5 Å². The number of thiophene rings is 1. The van der Waals surface area contributed by atoms with E-state index in [0.29, 0.717) is 31.0 Å². The largest absolute Gasteiger partial charge is 0.479 e. The summed E-state index contributed by atoms with van der Waals surface area (Å²) in [6.07, 6.45) is 2.86. The van der Waals surface area contributed by atoms with Gasteiger partial charge in [0.05, 0.1) is 17.7 Å². The average Bonchev–Trinajstić information content (AvgIpc) is 3.43. The molecule has 0 aliphatic carbocycles. The lowest BCUT2D eigenvalue weighted by Gasteiger charge is -2.32. The van der Waals surface area contributed by atoms with Crippen LogP contribution in [0.3, 0.4) is 0 Å². The van der Waals surface area contributed by atoms with Gasteiger partial charge in [0.2, 0.25) is 5.91 Å². The summed E-state index contributed by atoms with van der Waals surface area (Å²) in [5, 5.41) is 5.83. The molecule has 0 N–H and O–H groups in total. The standard InChI is InChI=1S/C21H24N4O3S/c1-14-11-17(18-6-4-10-29-18)23-21(22-14)15-5-3-9-25(13-15)20(26)8-7-16-12-19(27-2)24-28-16/h4,6,10-12,15H,3,5,7-9,13H2,1-2H3. The van der Waals surface area contributed by atoms with Crippen molar-refractivity contribution >= 4 is 17.2 Å². The summed E-state index contributed by atoms with van der Waals surface area (Å²) in [5.41, 5.74) is 1.92. The molecule has 8 heteroatoms. The minimum atomic E-state index is 0.121. The number of likely N-dealkylation sites (tertiary alicyclic amines) is 1. The number of amides is 1. The van der Waals surface area contributed by atoms with E-state index >= 15 is 0 Å². The average molecular weight is 413 g/mol. The van der Waals surface area contributed by atoms with Gasteiger partial charge in [-0.3, -0.25) is 4.79 Å². The summed E-state index contributed by atoms with van der Waals surface area (Å²) in [7, 11) is 1.54. The van der Waals surface area contributed by atoms with Crippen molar-refractivity contribution < 1.29 is 14.1 Å². The van der Waals surface area contributed by atoms with Crippen LogP contribution in [0.2, 0.25) is 0 Å². The van der Waals surface area contributed by atoms with Crippen molar-refractivity contribution in [1.82, 2.24) is 20.0 Å². The highest BCUT2D eigenvalue weighted by atomic mass is 32.1. The minimum absolute atomic E-state index is 0.121. The molecule has 0 aromatic carbocycles. The van der Waals surface area contributed by atoms with E-state index in [0.717, 1.165) is 41.5 Å². The number of methoxy groups -OCH3 is 1. The van der Waals surface area contributed by atoms with E-state index < -0.39 is 0 Å². The molecule has 0 radical (unpaired) electrons. The monoisotopic (exact) mass is 412 g/mol. The Kier molecular flexibility index (Phi) is 5.89. The van der Waals surface area contributed by atoms with E-state index in [1.54, 1.807) is 17.4 Å². The molecule has 1 fully saturated rings. The zero-order chi connectivity index (χ0) is 20.2. The number of carbonyl (C=O) groups is 1. The summed E-state index contributed by atoms with van der Waals surface area (Å²) in [6.45, 7) is 3.43. The number of aryl methyl sites for hydroxylation is 2. The smallest absolute Gasteiger partial charge is 0.254 e. The molecule has 0 spiro atoms. The second kappa shape index (κ2) is 8.73. The third-order valence-corrected chi connectivity index (χ3v) is 6.01. The molecule has 0 saturated carbocycles. The summed E-state index contributed by atoms with van der Waals surface area (Å²) >= 11 is 1.68. The SMILES string of the molecule is COc1cc(CCC(=O)N2CCCC(c3nc(C)cc(-c4cccs4)n3)C2)on1. The van der Waals surface area contributed by atoms with E-state index in [1.165, 1.54) is 7.11 Å². The molecular weight excluding hydrogens is 388 g/mol. The van der Waals surface area contributed by atoms with E-state index in [4.69, 9.17) is 14.2 Å². The maximum absolute atomic E-state index is 12.7. The van der Waals surface area contributed by atoms with Gasteiger partial charge < -0.3 is 14.2 Å². The second-order valence-electron chi connectivity index (χ2n) is 7.24. The van der Waals surface area contributed by atoms with Crippen LogP contribution in [0.4, 0.5) is 0 Å². The summed E-state index contributed by atoms with van der Waals surface area (Å²) < 4.78 is 10.2.